The quantitative estimate of drug-likeness (QED) is 0.808. The summed E-state index contributed by atoms with van der Waals surface area (Å²) in [4.78, 5) is 0. The van der Waals surface area contributed by atoms with Gasteiger partial charge in [0.15, 0.2) is 0 Å². The van der Waals surface area contributed by atoms with Crippen LogP contribution in [-0.4, -0.2) is 17.8 Å². The maximum atomic E-state index is 13.3. The van der Waals surface area contributed by atoms with E-state index in [1.807, 2.05) is 6.92 Å². The van der Waals surface area contributed by atoms with E-state index in [1.165, 1.54) is 12.1 Å². The molecule has 0 saturated carbocycles. The van der Waals surface area contributed by atoms with Gasteiger partial charge in [-0.2, -0.15) is 0 Å². The van der Waals surface area contributed by atoms with Crippen LogP contribution in [0, 0.1) is 5.82 Å². The van der Waals surface area contributed by atoms with E-state index in [9.17, 15) is 4.39 Å². The fourth-order valence-electron chi connectivity index (χ4n) is 1.49. The number of halogens is 3. The van der Waals surface area contributed by atoms with Crippen molar-refractivity contribution in [3.63, 3.8) is 0 Å². The third kappa shape index (κ3) is 4.43. The first-order chi connectivity index (χ1) is 7.91. The molecule has 1 aromatic rings. The highest BCUT2D eigenvalue weighted by Gasteiger charge is 2.13. The zero-order valence-corrected chi connectivity index (χ0v) is 11.3. The summed E-state index contributed by atoms with van der Waals surface area (Å²) in [7, 11) is 0. The molecule has 0 heterocycles. The molecule has 0 bridgehead atoms. The van der Waals surface area contributed by atoms with Crippen LogP contribution in [0.2, 0.25) is 10.0 Å². The van der Waals surface area contributed by atoms with Crippen molar-refractivity contribution in [1.82, 2.24) is 5.32 Å². The average Bonchev–Trinajstić information content (AvgIpc) is 2.22. The lowest BCUT2D eigenvalue weighted by Gasteiger charge is -2.16. The maximum absolute atomic E-state index is 13.3. The molecule has 0 aliphatic rings. The van der Waals surface area contributed by atoms with Crippen LogP contribution in [0.5, 0.6) is 0 Å². The minimum atomic E-state index is -0.477. The van der Waals surface area contributed by atoms with Gasteiger partial charge in [0, 0.05) is 11.1 Å². The van der Waals surface area contributed by atoms with Crippen LogP contribution in [0.1, 0.15) is 31.9 Å². The van der Waals surface area contributed by atoms with E-state index in [1.54, 1.807) is 6.92 Å². The topological polar surface area (TPSA) is 32.3 Å². The van der Waals surface area contributed by atoms with Gasteiger partial charge in [-0.05, 0) is 44.5 Å². The highest BCUT2D eigenvalue weighted by atomic mass is 35.5. The molecule has 0 aromatic heterocycles. The van der Waals surface area contributed by atoms with Gasteiger partial charge in [-0.15, -0.1) is 0 Å². The van der Waals surface area contributed by atoms with Crippen LogP contribution < -0.4 is 5.32 Å². The van der Waals surface area contributed by atoms with Gasteiger partial charge in [-0.1, -0.05) is 23.2 Å². The summed E-state index contributed by atoms with van der Waals surface area (Å²) < 4.78 is 13.3. The molecule has 2 atom stereocenters. The molecule has 5 heteroatoms. The number of rotatable bonds is 5. The number of hydrogen-bond donors (Lipinski definition) is 2. The molecule has 1 aromatic carbocycles. The standard InChI is InChI=1S/C12H16Cl2FNO/c1-7(17)3-4-16-8(2)9-5-12(15)11(14)6-10(9)13/h5-8,16-17H,3-4H2,1-2H3. The van der Waals surface area contributed by atoms with E-state index in [4.69, 9.17) is 28.3 Å². The van der Waals surface area contributed by atoms with Crippen LogP contribution in [0.25, 0.3) is 0 Å². The summed E-state index contributed by atoms with van der Waals surface area (Å²) in [5.41, 5.74) is 0.666. The molecule has 0 fully saturated rings. The number of nitrogens with one attached hydrogen (secondary N) is 1. The van der Waals surface area contributed by atoms with Crippen molar-refractivity contribution in [3.8, 4) is 0 Å². The molecule has 96 valence electrons. The van der Waals surface area contributed by atoms with Gasteiger partial charge < -0.3 is 10.4 Å². The van der Waals surface area contributed by atoms with E-state index in [0.717, 1.165) is 0 Å². The Morgan fingerprint density at radius 3 is 2.53 bits per heavy atom. The monoisotopic (exact) mass is 279 g/mol. The van der Waals surface area contributed by atoms with Crippen molar-refractivity contribution in [1.29, 1.82) is 0 Å². The first kappa shape index (κ1) is 14.7. The molecular weight excluding hydrogens is 264 g/mol. The number of benzene rings is 1. The fraction of sp³-hybridized carbons (Fsp3) is 0.500. The summed E-state index contributed by atoms with van der Waals surface area (Å²) in [5, 5.41) is 12.8. The lowest BCUT2D eigenvalue weighted by atomic mass is 10.1. The fourth-order valence-corrected chi connectivity index (χ4v) is 2.04. The Bertz CT molecular complexity index is 385. The van der Waals surface area contributed by atoms with Crippen LogP contribution in [0.4, 0.5) is 4.39 Å². The van der Waals surface area contributed by atoms with Gasteiger partial charge in [0.05, 0.1) is 11.1 Å². The third-order valence-corrected chi connectivity index (χ3v) is 3.14. The zero-order valence-electron chi connectivity index (χ0n) is 9.80. The second-order valence-electron chi connectivity index (χ2n) is 4.10. The van der Waals surface area contributed by atoms with Gasteiger partial charge in [0.2, 0.25) is 0 Å². The maximum Gasteiger partial charge on any atom is 0.142 e. The second-order valence-corrected chi connectivity index (χ2v) is 4.92. The lowest BCUT2D eigenvalue weighted by Crippen LogP contribution is -2.23. The highest BCUT2D eigenvalue weighted by Crippen LogP contribution is 2.28. The SMILES string of the molecule is CC(O)CCNC(C)c1cc(F)c(Cl)cc1Cl. The van der Waals surface area contributed by atoms with Crippen molar-refractivity contribution in [2.24, 2.45) is 0 Å². The van der Waals surface area contributed by atoms with E-state index in [-0.39, 0.29) is 17.2 Å². The molecule has 0 amide bonds. The Kier molecular flexibility index (Phi) is 5.67. The van der Waals surface area contributed by atoms with Crippen molar-refractivity contribution in [2.75, 3.05) is 6.54 Å². The number of aliphatic hydroxyl groups excluding tert-OH is 1. The van der Waals surface area contributed by atoms with Crippen molar-refractivity contribution >= 4 is 23.2 Å². The predicted molar refractivity (Wildman–Crippen MR) is 69.1 cm³/mol. The van der Waals surface area contributed by atoms with Crippen molar-refractivity contribution < 1.29 is 9.50 Å². The van der Waals surface area contributed by atoms with Gasteiger partial charge >= 0.3 is 0 Å². The molecule has 0 saturated heterocycles. The Labute approximate surface area is 111 Å². The van der Waals surface area contributed by atoms with Gasteiger partial charge in [-0.3, -0.25) is 0 Å². The third-order valence-electron chi connectivity index (χ3n) is 2.52. The first-order valence-electron chi connectivity index (χ1n) is 5.47. The van der Waals surface area contributed by atoms with Gasteiger partial charge in [-0.25, -0.2) is 4.39 Å². The summed E-state index contributed by atoms with van der Waals surface area (Å²) in [6.45, 7) is 4.25. The zero-order chi connectivity index (χ0) is 13.0. The molecule has 2 unspecified atom stereocenters. The molecule has 0 aliphatic carbocycles. The van der Waals surface area contributed by atoms with E-state index in [0.29, 0.717) is 23.6 Å². The number of hydrogen-bond acceptors (Lipinski definition) is 2. The van der Waals surface area contributed by atoms with E-state index >= 15 is 0 Å². The number of aliphatic hydroxyl groups is 1. The summed E-state index contributed by atoms with van der Waals surface area (Å²) in [5.74, 6) is -0.477. The predicted octanol–water partition coefficient (Wildman–Crippen LogP) is 3.55. The molecule has 17 heavy (non-hydrogen) atoms. The Balaban J connectivity index is 2.68. The minimum absolute atomic E-state index is 0.0231. The van der Waals surface area contributed by atoms with Crippen molar-refractivity contribution in [2.45, 2.75) is 32.4 Å². The molecule has 0 aliphatic heterocycles. The van der Waals surface area contributed by atoms with Gasteiger partial charge in [0.25, 0.3) is 0 Å². The largest absolute Gasteiger partial charge is 0.393 e. The van der Waals surface area contributed by atoms with E-state index in [2.05, 4.69) is 5.32 Å². The van der Waals surface area contributed by atoms with Gasteiger partial charge in [0.1, 0.15) is 5.82 Å². The summed E-state index contributed by atoms with van der Waals surface area (Å²) in [6.07, 6.45) is 0.282. The second kappa shape index (κ2) is 6.55. The van der Waals surface area contributed by atoms with Crippen LogP contribution in [-0.2, 0) is 0 Å². The molecule has 0 radical (unpaired) electrons. The average molecular weight is 280 g/mol. The minimum Gasteiger partial charge on any atom is -0.393 e. The Morgan fingerprint density at radius 1 is 1.29 bits per heavy atom. The molecular formula is C12H16Cl2FNO. The smallest absolute Gasteiger partial charge is 0.142 e. The lowest BCUT2D eigenvalue weighted by molar-refractivity contribution is 0.182. The van der Waals surface area contributed by atoms with E-state index < -0.39 is 5.82 Å². The Morgan fingerprint density at radius 2 is 1.94 bits per heavy atom. The summed E-state index contributed by atoms with van der Waals surface area (Å²) in [6, 6.07) is 2.65. The normalized spacial score (nSPS) is 14.7. The molecule has 0 spiro atoms. The highest BCUT2D eigenvalue weighted by molar-refractivity contribution is 6.35. The first-order valence-corrected chi connectivity index (χ1v) is 6.23. The van der Waals surface area contributed by atoms with Crippen LogP contribution in [0.3, 0.4) is 0 Å². The Hall–Kier alpha value is -0.350. The van der Waals surface area contributed by atoms with Crippen LogP contribution in [0.15, 0.2) is 12.1 Å². The molecule has 1 rings (SSSR count). The molecule has 2 nitrogen and oxygen atoms in total. The van der Waals surface area contributed by atoms with Crippen molar-refractivity contribution in [3.05, 3.63) is 33.6 Å². The van der Waals surface area contributed by atoms with Crippen LogP contribution >= 0.6 is 23.2 Å². The molecule has 2 N–H and O–H groups in total. The summed E-state index contributed by atoms with van der Waals surface area (Å²) >= 11 is 11.6.